The molecule has 4 heteroatoms. The van der Waals surface area contributed by atoms with Crippen LogP contribution in [0.3, 0.4) is 0 Å². The SMILES string of the molecule is CCCCCC(=O)N(O)CSc1ccccc1. The monoisotopic (exact) mass is 253 g/mol. The standard InChI is InChI=1S/C13H19NO2S/c1-2-3-5-10-13(15)14(16)11-17-12-8-6-4-7-9-12/h4,6-9,16H,2-3,5,10-11H2,1H3. The van der Waals surface area contributed by atoms with Crippen LogP contribution in [0.5, 0.6) is 0 Å². The number of carbonyl (C=O) groups is 1. The van der Waals surface area contributed by atoms with Gasteiger partial charge in [0.2, 0.25) is 5.91 Å². The molecule has 94 valence electrons. The molecule has 0 heterocycles. The van der Waals surface area contributed by atoms with Crippen LogP contribution in [0, 0.1) is 0 Å². The van der Waals surface area contributed by atoms with Gasteiger partial charge in [0, 0.05) is 11.3 Å². The Hall–Kier alpha value is -1.00. The fraction of sp³-hybridized carbons (Fsp3) is 0.462. The fourth-order valence-electron chi connectivity index (χ4n) is 1.38. The third-order valence-electron chi connectivity index (χ3n) is 2.38. The first kappa shape index (κ1) is 14.1. The number of hydroxylamine groups is 2. The first-order valence-electron chi connectivity index (χ1n) is 5.91. The summed E-state index contributed by atoms with van der Waals surface area (Å²) in [6, 6.07) is 9.73. The van der Waals surface area contributed by atoms with Gasteiger partial charge in [-0.2, -0.15) is 0 Å². The first-order valence-corrected chi connectivity index (χ1v) is 6.89. The highest BCUT2D eigenvalue weighted by atomic mass is 32.2. The van der Waals surface area contributed by atoms with Crippen molar-refractivity contribution in [2.24, 2.45) is 0 Å². The van der Waals surface area contributed by atoms with E-state index in [9.17, 15) is 10.0 Å². The van der Waals surface area contributed by atoms with Gasteiger partial charge in [0.25, 0.3) is 0 Å². The summed E-state index contributed by atoms with van der Waals surface area (Å²) in [7, 11) is 0. The van der Waals surface area contributed by atoms with Crippen LogP contribution in [0.2, 0.25) is 0 Å². The molecule has 0 aromatic heterocycles. The maximum atomic E-state index is 11.5. The minimum atomic E-state index is -0.193. The highest BCUT2D eigenvalue weighted by Crippen LogP contribution is 2.18. The zero-order valence-corrected chi connectivity index (χ0v) is 10.9. The molecule has 0 unspecified atom stereocenters. The second-order valence-corrected chi connectivity index (χ2v) is 4.86. The number of hydrogen-bond donors (Lipinski definition) is 1. The normalized spacial score (nSPS) is 10.2. The third kappa shape index (κ3) is 5.75. The Morgan fingerprint density at radius 1 is 1.29 bits per heavy atom. The molecule has 3 nitrogen and oxygen atoms in total. The summed E-state index contributed by atoms with van der Waals surface area (Å²) < 4.78 is 0. The highest BCUT2D eigenvalue weighted by molar-refractivity contribution is 7.99. The Bertz CT molecular complexity index is 329. The molecular weight excluding hydrogens is 234 g/mol. The molecule has 1 amide bonds. The van der Waals surface area contributed by atoms with Crippen LogP contribution in [0.1, 0.15) is 32.6 Å². The third-order valence-corrected chi connectivity index (χ3v) is 3.36. The topological polar surface area (TPSA) is 40.5 Å². The van der Waals surface area contributed by atoms with Gasteiger partial charge < -0.3 is 0 Å². The molecule has 1 rings (SSSR count). The van der Waals surface area contributed by atoms with E-state index in [2.05, 4.69) is 6.92 Å². The summed E-state index contributed by atoms with van der Waals surface area (Å²) in [5.74, 6) is 0.0940. The van der Waals surface area contributed by atoms with Crippen molar-refractivity contribution >= 4 is 17.7 Å². The van der Waals surface area contributed by atoms with Crippen LogP contribution < -0.4 is 0 Å². The molecule has 0 bridgehead atoms. The summed E-state index contributed by atoms with van der Waals surface area (Å²) in [4.78, 5) is 12.6. The number of unbranched alkanes of at least 4 members (excludes halogenated alkanes) is 2. The number of nitrogens with zero attached hydrogens (tertiary/aromatic N) is 1. The number of hydrogen-bond acceptors (Lipinski definition) is 3. The molecule has 17 heavy (non-hydrogen) atoms. The molecule has 1 N–H and O–H groups in total. The van der Waals surface area contributed by atoms with E-state index in [0.717, 1.165) is 29.2 Å². The molecule has 0 aliphatic heterocycles. The Labute approximate surface area is 107 Å². The molecule has 0 radical (unpaired) electrons. The second kappa shape index (κ2) is 8.14. The molecule has 0 fully saturated rings. The van der Waals surface area contributed by atoms with E-state index in [-0.39, 0.29) is 11.8 Å². The van der Waals surface area contributed by atoms with Crippen molar-refractivity contribution in [1.29, 1.82) is 0 Å². The smallest absolute Gasteiger partial charge is 0.246 e. The van der Waals surface area contributed by atoms with Gasteiger partial charge in [-0.25, -0.2) is 5.06 Å². The molecule has 0 atom stereocenters. The van der Waals surface area contributed by atoms with Crippen LogP contribution >= 0.6 is 11.8 Å². The van der Waals surface area contributed by atoms with Gasteiger partial charge in [-0.05, 0) is 18.6 Å². The van der Waals surface area contributed by atoms with E-state index in [1.165, 1.54) is 11.8 Å². The fourth-order valence-corrected chi connectivity index (χ4v) is 2.14. The number of benzene rings is 1. The van der Waals surface area contributed by atoms with Gasteiger partial charge in [-0.15, -0.1) is 11.8 Å². The number of amides is 1. The van der Waals surface area contributed by atoms with E-state index in [4.69, 9.17) is 0 Å². The van der Waals surface area contributed by atoms with Crippen molar-refractivity contribution in [1.82, 2.24) is 5.06 Å². The van der Waals surface area contributed by atoms with Gasteiger partial charge in [0.1, 0.15) is 0 Å². The number of rotatable bonds is 7. The number of thioether (sulfide) groups is 1. The van der Waals surface area contributed by atoms with Crippen LogP contribution in [-0.4, -0.2) is 22.1 Å². The molecule has 1 aromatic rings. The zero-order valence-electron chi connectivity index (χ0n) is 10.1. The van der Waals surface area contributed by atoms with Crippen LogP contribution in [0.4, 0.5) is 0 Å². The summed E-state index contributed by atoms with van der Waals surface area (Å²) in [5.41, 5.74) is 0. The minimum absolute atomic E-state index is 0.193. The van der Waals surface area contributed by atoms with Gasteiger partial charge >= 0.3 is 0 Å². The van der Waals surface area contributed by atoms with Crippen molar-refractivity contribution in [3.05, 3.63) is 30.3 Å². The Morgan fingerprint density at radius 2 is 2.00 bits per heavy atom. The predicted octanol–water partition coefficient (Wildman–Crippen LogP) is 3.53. The summed E-state index contributed by atoms with van der Waals surface area (Å²) in [5, 5.41) is 10.4. The molecule has 1 aromatic carbocycles. The second-order valence-electron chi connectivity index (χ2n) is 3.84. The predicted molar refractivity (Wildman–Crippen MR) is 69.9 cm³/mol. The van der Waals surface area contributed by atoms with Gasteiger partial charge in [0.05, 0.1) is 5.88 Å². The maximum absolute atomic E-state index is 11.5. The molecule has 0 saturated carbocycles. The van der Waals surface area contributed by atoms with E-state index in [0.29, 0.717) is 6.42 Å². The quantitative estimate of drug-likeness (QED) is 0.266. The van der Waals surface area contributed by atoms with Crippen molar-refractivity contribution in [3.63, 3.8) is 0 Å². The molecule has 0 aliphatic rings. The van der Waals surface area contributed by atoms with E-state index >= 15 is 0 Å². The first-order chi connectivity index (χ1) is 8.24. The van der Waals surface area contributed by atoms with Crippen LogP contribution in [-0.2, 0) is 4.79 Å². The van der Waals surface area contributed by atoms with Gasteiger partial charge in [-0.3, -0.25) is 10.0 Å². The largest absolute Gasteiger partial charge is 0.285 e. The molecular formula is C13H19NO2S. The zero-order chi connectivity index (χ0) is 12.5. The van der Waals surface area contributed by atoms with Gasteiger partial charge in [0.15, 0.2) is 0 Å². The van der Waals surface area contributed by atoms with E-state index in [1.54, 1.807) is 0 Å². The van der Waals surface area contributed by atoms with Gasteiger partial charge in [-0.1, -0.05) is 38.0 Å². The average Bonchev–Trinajstić information content (AvgIpc) is 2.37. The number of carbonyl (C=O) groups excluding carboxylic acids is 1. The Morgan fingerprint density at radius 3 is 2.65 bits per heavy atom. The van der Waals surface area contributed by atoms with Crippen molar-refractivity contribution < 1.29 is 10.0 Å². The van der Waals surface area contributed by atoms with E-state index < -0.39 is 0 Å². The molecule has 0 saturated heterocycles. The van der Waals surface area contributed by atoms with Crippen LogP contribution in [0.15, 0.2) is 35.2 Å². The minimum Gasteiger partial charge on any atom is -0.285 e. The lowest BCUT2D eigenvalue weighted by Crippen LogP contribution is -2.26. The van der Waals surface area contributed by atoms with Crippen molar-refractivity contribution in [3.8, 4) is 0 Å². The van der Waals surface area contributed by atoms with Crippen LogP contribution in [0.25, 0.3) is 0 Å². The molecule has 0 spiro atoms. The summed E-state index contributed by atoms with van der Waals surface area (Å²) in [6.07, 6.45) is 3.39. The lowest BCUT2D eigenvalue weighted by Gasteiger charge is -2.14. The lowest BCUT2D eigenvalue weighted by atomic mass is 10.2. The molecule has 0 aliphatic carbocycles. The summed E-state index contributed by atoms with van der Waals surface area (Å²) in [6.45, 7) is 2.09. The van der Waals surface area contributed by atoms with Crippen molar-refractivity contribution in [2.75, 3.05) is 5.88 Å². The van der Waals surface area contributed by atoms with Crippen molar-refractivity contribution in [2.45, 2.75) is 37.5 Å². The Balaban J connectivity index is 2.24. The average molecular weight is 253 g/mol. The summed E-state index contributed by atoms with van der Waals surface area (Å²) >= 11 is 1.45. The maximum Gasteiger partial charge on any atom is 0.246 e. The highest BCUT2D eigenvalue weighted by Gasteiger charge is 2.10. The Kier molecular flexibility index (Phi) is 6.74. The van der Waals surface area contributed by atoms with E-state index in [1.807, 2.05) is 30.3 Å². The lowest BCUT2D eigenvalue weighted by molar-refractivity contribution is -0.160.